The second-order valence-corrected chi connectivity index (χ2v) is 53.0. The molecule has 0 saturated heterocycles. The summed E-state index contributed by atoms with van der Waals surface area (Å²) in [5, 5.41) is 0. The first-order chi connectivity index (χ1) is 47.7. The Morgan fingerprint density at radius 3 is 0.398 bits per heavy atom. The van der Waals surface area contributed by atoms with Crippen molar-refractivity contribution in [2.45, 2.75) is 563 Å². The minimum absolute atomic E-state index is 0.345. The van der Waals surface area contributed by atoms with E-state index in [2.05, 4.69) is 381 Å². The summed E-state index contributed by atoms with van der Waals surface area (Å²) in [7, 11) is 0. The van der Waals surface area contributed by atoms with E-state index in [0.29, 0.717) is 86.6 Å². The predicted octanol–water partition coefficient (Wildman–Crippen LogP) is 40.9. The van der Waals surface area contributed by atoms with E-state index in [1.807, 2.05) is 0 Å². The largest absolute Gasteiger partial charge is 0.0880 e. The number of hydrogen-bond donors (Lipinski definition) is 0. The van der Waals surface area contributed by atoms with Crippen molar-refractivity contribution in [3.63, 3.8) is 0 Å². The summed E-state index contributed by atoms with van der Waals surface area (Å²) >= 11 is 0. The highest BCUT2D eigenvalue weighted by molar-refractivity contribution is 4.95. The summed E-state index contributed by atoms with van der Waals surface area (Å²) in [5.41, 5.74) is 7.63. The Balaban J connectivity index is -0.000000177. The Morgan fingerprint density at radius 1 is 0.111 bits per heavy atom. The van der Waals surface area contributed by atoms with Crippen molar-refractivity contribution in [2.75, 3.05) is 0 Å². The van der Waals surface area contributed by atoms with Crippen LogP contribution in [0.5, 0.6) is 0 Å². The second kappa shape index (κ2) is 60.5. The Hall–Kier alpha value is -1.04. The summed E-state index contributed by atoms with van der Waals surface area (Å²) in [6.45, 7) is 111. The van der Waals surface area contributed by atoms with Crippen LogP contribution >= 0.6 is 0 Å². The predicted molar refractivity (Wildman–Crippen MR) is 514 cm³/mol. The van der Waals surface area contributed by atoms with Gasteiger partial charge in [-0.3, -0.25) is 0 Å². The lowest BCUT2D eigenvalue weighted by atomic mass is 9.85. The molecule has 0 amide bonds. The second-order valence-electron chi connectivity index (χ2n) is 53.0. The van der Waals surface area contributed by atoms with Gasteiger partial charge in [0, 0.05) is 0 Å². The summed E-state index contributed by atoms with van der Waals surface area (Å²) < 4.78 is 0. The molecule has 656 valence electrons. The zero-order valence-corrected chi connectivity index (χ0v) is 86.1. The van der Waals surface area contributed by atoms with Crippen LogP contribution in [0.25, 0.3) is 0 Å². The summed E-state index contributed by atoms with van der Waals surface area (Å²) in [5.74, 6) is 0. The monoisotopic (exact) mass is 1520 g/mol. The third kappa shape index (κ3) is 165. The van der Waals surface area contributed by atoms with Gasteiger partial charge in [-0.15, -0.1) is 0 Å². The number of hydrogen-bond acceptors (Lipinski definition) is 0. The molecule has 0 aromatic heterocycles. The topological polar surface area (TPSA) is 0 Å². The molecule has 0 rings (SSSR count). The van der Waals surface area contributed by atoms with E-state index in [1.165, 1.54) is 231 Å². The average molecular weight is 1520 g/mol. The molecule has 0 radical (unpaired) electrons. The van der Waals surface area contributed by atoms with Crippen LogP contribution in [-0.2, 0) is 0 Å². The molecule has 0 unspecified atom stereocenters. The smallest absolute Gasteiger partial charge is 0.0203 e. The van der Waals surface area contributed by atoms with Crippen molar-refractivity contribution in [1.82, 2.24) is 0 Å². The van der Waals surface area contributed by atoms with Crippen LogP contribution in [0.3, 0.4) is 0 Å². The molecule has 0 aliphatic rings. The maximum absolute atomic E-state index is 2.34. The van der Waals surface area contributed by atoms with E-state index in [1.54, 1.807) is 0 Å². The van der Waals surface area contributed by atoms with Crippen molar-refractivity contribution in [1.29, 1.82) is 0 Å². The van der Waals surface area contributed by atoms with Crippen LogP contribution in [0.2, 0.25) is 0 Å². The van der Waals surface area contributed by atoms with Gasteiger partial charge in [-0.05, 0) is 209 Å². The van der Waals surface area contributed by atoms with Gasteiger partial charge in [0.2, 0.25) is 0 Å². The van der Waals surface area contributed by atoms with E-state index in [9.17, 15) is 0 Å². The highest BCUT2D eigenvalue weighted by Crippen LogP contribution is 2.32. The molecule has 108 heavy (non-hydrogen) atoms. The van der Waals surface area contributed by atoms with Crippen molar-refractivity contribution in [2.24, 2.45) is 86.6 Å². The van der Waals surface area contributed by atoms with E-state index in [4.69, 9.17) is 0 Å². The zero-order chi connectivity index (χ0) is 87.1. The minimum Gasteiger partial charge on any atom is -0.0880 e. The van der Waals surface area contributed by atoms with Gasteiger partial charge in [0.25, 0.3) is 0 Å². The third-order valence-electron chi connectivity index (χ3n) is 18.1. The molecular formula is C108H224. The Bertz CT molecular complexity index is 1970. The Kier molecular flexibility index (Phi) is 68.6. The molecule has 0 aliphatic heterocycles. The molecule has 0 spiro atoms. The van der Waals surface area contributed by atoms with Crippen molar-refractivity contribution in [3.05, 3.63) is 48.6 Å². The van der Waals surface area contributed by atoms with Crippen molar-refractivity contribution >= 4 is 0 Å². The van der Waals surface area contributed by atoms with Crippen LogP contribution in [0.4, 0.5) is 0 Å². The fourth-order valence-corrected chi connectivity index (χ4v) is 11.3. The van der Waals surface area contributed by atoms with E-state index in [-0.39, 0.29) is 0 Å². The Morgan fingerprint density at radius 2 is 0.222 bits per heavy atom. The highest BCUT2D eigenvalue weighted by atomic mass is 14.2. The molecule has 0 aromatic rings. The standard InChI is InChI=1S/C15H32.C15H30.C14H30.C14H28.C13H28.C13H26.C12H26.C12H24/c2*1-14(2,3)12-10-8-7-9-11-13-15(4,5)6;2*1-13(2,3)11-9-7-8-10-12-14(4,5)6;2*1-12(2,3)10-8-7-9-11-13(4,5)6;2*1-11(2,3)9-7-8-10-12(4,5)6/h7-13H2,1-6H3;10,12H,7-9,11,13H2,1-6H3;7-12H2,1-6H3;9,11H,7-8,10,12H2,1-6H3;7-11H2,1-6H3;8,10H,7,9,11H2,1-6H3;7-10H2,1-6H3;7,9H,8,10H2,1-6H3/b;12-10+;;11-9+;;10-8+;;9-7+. The molecule has 0 heteroatoms. The van der Waals surface area contributed by atoms with Crippen molar-refractivity contribution < 1.29 is 0 Å². The molecule has 0 aliphatic carbocycles. The molecule has 0 heterocycles. The number of allylic oxidation sites excluding steroid dienone is 8. The maximum atomic E-state index is 2.34. The lowest BCUT2D eigenvalue weighted by molar-refractivity contribution is 0.318. The summed E-state index contributed by atoms with van der Waals surface area (Å²) in [6.07, 6.45) is 67.7. The molecule has 0 bridgehead atoms. The van der Waals surface area contributed by atoms with Crippen LogP contribution in [-0.4, -0.2) is 0 Å². The van der Waals surface area contributed by atoms with Crippen LogP contribution < -0.4 is 0 Å². The fourth-order valence-electron chi connectivity index (χ4n) is 11.3. The molecule has 0 nitrogen and oxygen atoms in total. The van der Waals surface area contributed by atoms with Crippen LogP contribution in [0, 0.1) is 86.6 Å². The van der Waals surface area contributed by atoms with Crippen LogP contribution in [0.1, 0.15) is 563 Å². The van der Waals surface area contributed by atoms with Gasteiger partial charge < -0.3 is 0 Å². The molecule has 0 aromatic carbocycles. The summed E-state index contributed by atoms with van der Waals surface area (Å²) in [4.78, 5) is 0. The van der Waals surface area contributed by atoms with Crippen molar-refractivity contribution in [3.8, 4) is 0 Å². The SMILES string of the molecule is CC(C)(C)/C=C/CCC(C)(C)C.CC(C)(C)/C=C/CCCC(C)(C)C.CC(C)(C)/C=C/CCCCC(C)(C)C.CC(C)(C)/C=C/CCCCCC(C)(C)C.CC(C)(C)CCCCC(C)(C)C.CC(C)(C)CCCCCC(C)(C)C.CC(C)(C)CCCCCCC(C)(C)C.CC(C)(C)CCCCCCCC(C)(C)C. The van der Waals surface area contributed by atoms with E-state index < -0.39 is 0 Å². The number of rotatable bonds is 32. The quantitative estimate of drug-likeness (QED) is 0.0465. The molecule has 0 fully saturated rings. The van der Waals surface area contributed by atoms with E-state index in [0.717, 1.165) is 0 Å². The van der Waals surface area contributed by atoms with Gasteiger partial charge in [-0.2, -0.15) is 0 Å². The normalized spacial score (nSPS) is 13.6. The molecule has 0 N–H and O–H groups in total. The highest BCUT2D eigenvalue weighted by Gasteiger charge is 2.18. The van der Waals surface area contributed by atoms with Gasteiger partial charge in [0.15, 0.2) is 0 Å². The lowest BCUT2D eigenvalue weighted by Gasteiger charge is -2.21. The molecule has 0 atom stereocenters. The van der Waals surface area contributed by atoms with E-state index >= 15 is 0 Å². The number of unbranched alkanes of at least 4 members (excludes halogenated alkanes) is 16. The van der Waals surface area contributed by atoms with Gasteiger partial charge in [-0.25, -0.2) is 0 Å². The molecule has 0 saturated carbocycles. The first kappa shape index (κ1) is 123. The first-order valence-electron chi connectivity index (χ1n) is 46.4. The Labute approximate surface area is 694 Å². The van der Waals surface area contributed by atoms with Gasteiger partial charge in [0.1, 0.15) is 0 Å². The fraction of sp³-hybridized carbons (Fsp3) is 0.926. The minimum atomic E-state index is 0.345. The maximum Gasteiger partial charge on any atom is -0.0203 e. The molecular weight excluding hydrogens is 1300 g/mol. The average Bonchev–Trinajstić information content (AvgIpc) is 0.973. The zero-order valence-electron chi connectivity index (χ0n) is 86.1. The van der Waals surface area contributed by atoms with Crippen LogP contribution in [0.15, 0.2) is 48.6 Å². The first-order valence-corrected chi connectivity index (χ1v) is 46.4. The van der Waals surface area contributed by atoms with Gasteiger partial charge in [0.05, 0.1) is 0 Å². The third-order valence-corrected chi connectivity index (χ3v) is 18.1. The summed E-state index contributed by atoms with van der Waals surface area (Å²) in [6, 6.07) is 0. The van der Waals surface area contributed by atoms with Gasteiger partial charge in [-0.1, -0.05) is 490 Å². The van der Waals surface area contributed by atoms with Gasteiger partial charge >= 0.3 is 0 Å². The lowest BCUT2D eigenvalue weighted by Crippen LogP contribution is -2.07.